The number of ether oxygens (including phenoxy) is 1. The topological polar surface area (TPSA) is 9.23 Å². The van der Waals surface area contributed by atoms with Crippen molar-refractivity contribution in [2.24, 2.45) is 0 Å². The van der Waals surface area contributed by atoms with Crippen LogP contribution >= 0.6 is 0 Å². The highest BCUT2D eigenvalue weighted by Crippen LogP contribution is 1.95. The van der Waals surface area contributed by atoms with Gasteiger partial charge in [-0.05, 0) is 18.9 Å². The fraction of sp³-hybridized carbons (Fsp3) is 0.667. The summed E-state index contributed by atoms with van der Waals surface area (Å²) in [7, 11) is 1.67. The summed E-state index contributed by atoms with van der Waals surface area (Å²) in [5.41, 5.74) is 1.28. The van der Waals surface area contributed by atoms with E-state index in [0.717, 1.165) is 6.42 Å². The van der Waals surface area contributed by atoms with E-state index in [4.69, 9.17) is 4.74 Å². The van der Waals surface area contributed by atoms with Gasteiger partial charge < -0.3 is 4.74 Å². The van der Waals surface area contributed by atoms with E-state index < -0.39 is 0 Å². The molecule has 0 N–H and O–H groups in total. The van der Waals surface area contributed by atoms with Crippen LogP contribution in [0.1, 0.15) is 20.3 Å². The number of hydrogen-bond acceptors (Lipinski definition) is 1. The Balaban J connectivity index is 3.29. The maximum atomic E-state index is 4.73. The Morgan fingerprint density at radius 2 is 2.29 bits per heavy atom. The average Bonchev–Trinajstić information content (AvgIpc) is 1.68. The lowest BCUT2D eigenvalue weighted by molar-refractivity contribution is 0.333. The number of rotatable bonds is 2. The van der Waals surface area contributed by atoms with Gasteiger partial charge in [-0.1, -0.05) is 6.92 Å². The molecule has 0 aliphatic rings. The Kier molecular flexibility index (Phi) is 3.48. The van der Waals surface area contributed by atoms with E-state index in [2.05, 4.69) is 6.92 Å². The van der Waals surface area contributed by atoms with Gasteiger partial charge >= 0.3 is 0 Å². The first-order chi connectivity index (χ1) is 3.31. The minimum absolute atomic E-state index is 1.08. The number of hydrogen-bond donors (Lipinski definition) is 0. The predicted octanol–water partition coefficient (Wildman–Crippen LogP) is 1.95. The molecule has 0 aromatic heterocycles. The summed E-state index contributed by atoms with van der Waals surface area (Å²) in [4.78, 5) is 0. The third kappa shape index (κ3) is 3.37. The second-order valence-electron chi connectivity index (χ2n) is 1.55. The lowest BCUT2D eigenvalue weighted by Gasteiger charge is -1.90. The summed E-state index contributed by atoms with van der Waals surface area (Å²) in [5, 5.41) is 0. The quantitative estimate of drug-likeness (QED) is 0.482. The van der Waals surface area contributed by atoms with Crippen LogP contribution in [-0.4, -0.2) is 7.11 Å². The molecule has 0 spiro atoms. The largest absolute Gasteiger partial charge is 0.504 e. The highest BCUT2D eigenvalue weighted by Gasteiger charge is 1.77. The minimum Gasteiger partial charge on any atom is -0.504 e. The fourth-order valence-corrected chi connectivity index (χ4v) is 0.285. The first kappa shape index (κ1) is 6.54. The SMILES string of the molecule is CCC(C)=COC. The van der Waals surface area contributed by atoms with E-state index >= 15 is 0 Å². The molecule has 1 nitrogen and oxygen atoms in total. The molecule has 0 bridgehead atoms. The van der Waals surface area contributed by atoms with Crippen LogP contribution in [0, 0.1) is 0 Å². The summed E-state index contributed by atoms with van der Waals surface area (Å²) in [5.74, 6) is 0. The van der Waals surface area contributed by atoms with Crippen LogP contribution in [-0.2, 0) is 4.74 Å². The fourth-order valence-electron chi connectivity index (χ4n) is 0.285. The summed E-state index contributed by atoms with van der Waals surface area (Å²) in [6, 6.07) is 0. The van der Waals surface area contributed by atoms with Crippen LogP contribution in [0.3, 0.4) is 0 Å². The van der Waals surface area contributed by atoms with Crippen molar-refractivity contribution in [3.05, 3.63) is 11.8 Å². The van der Waals surface area contributed by atoms with Gasteiger partial charge in [-0.25, -0.2) is 0 Å². The first-order valence-electron chi connectivity index (χ1n) is 2.49. The molecule has 42 valence electrons. The molecule has 0 aromatic rings. The van der Waals surface area contributed by atoms with Crippen LogP contribution in [0.15, 0.2) is 11.8 Å². The molecular weight excluding hydrogens is 88.1 g/mol. The molecule has 0 unspecified atom stereocenters. The van der Waals surface area contributed by atoms with Gasteiger partial charge in [0.25, 0.3) is 0 Å². The molecule has 0 saturated carbocycles. The lowest BCUT2D eigenvalue weighted by Crippen LogP contribution is -1.72. The predicted molar refractivity (Wildman–Crippen MR) is 31.1 cm³/mol. The van der Waals surface area contributed by atoms with Gasteiger partial charge in [-0.15, -0.1) is 0 Å². The summed E-state index contributed by atoms with van der Waals surface area (Å²) in [6.45, 7) is 4.15. The monoisotopic (exact) mass is 100 g/mol. The van der Waals surface area contributed by atoms with Crippen LogP contribution in [0.25, 0.3) is 0 Å². The van der Waals surface area contributed by atoms with Gasteiger partial charge in [0.1, 0.15) is 0 Å². The van der Waals surface area contributed by atoms with Gasteiger partial charge in [0.15, 0.2) is 0 Å². The van der Waals surface area contributed by atoms with Crippen molar-refractivity contribution in [3.8, 4) is 0 Å². The zero-order valence-electron chi connectivity index (χ0n) is 5.19. The zero-order valence-corrected chi connectivity index (χ0v) is 5.19. The third-order valence-electron chi connectivity index (χ3n) is 0.877. The van der Waals surface area contributed by atoms with Crippen molar-refractivity contribution in [3.63, 3.8) is 0 Å². The molecule has 0 amide bonds. The van der Waals surface area contributed by atoms with Crippen LogP contribution < -0.4 is 0 Å². The summed E-state index contributed by atoms with van der Waals surface area (Å²) in [6.07, 6.45) is 2.84. The van der Waals surface area contributed by atoms with Crippen molar-refractivity contribution in [2.75, 3.05) is 7.11 Å². The number of allylic oxidation sites excluding steroid dienone is 1. The maximum Gasteiger partial charge on any atom is 0.0813 e. The molecular formula is C6H12O. The maximum absolute atomic E-state index is 4.73. The Morgan fingerprint density at radius 1 is 1.71 bits per heavy atom. The molecule has 0 aliphatic carbocycles. The Morgan fingerprint density at radius 3 is 2.43 bits per heavy atom. The smallest absolute Gasteiger partial charge is 0.0813 e. The Labute approximate surface area is 45.0 Å². The van der Waals surface area contributed by atoms with E-state index in [1.807, 2.05) is 6.92 Å². The van der Waals surface area contributed by atoms with E-state index in [1.165, 1.54) is 5.57 Å². The van der Waals surface area contributed by atoms with Gasteiger partial charge in [0.05, 0.1) is 13.4 Å². The highest BCUT2D eigenvalue weighted by molar-refractivity contribution is 4.90. The lowest BCUT2D eigenvalue weighted by atomic mass is 10.3. The molecule has 0 aliphatic heterocycles. The Hall–Kier alpha value is -0.460. The third-order valence-corrected chi connectivity index (χ3v) is 0.877. The van der Waals surface area contributed by atoms with Crippen molar-refractivity contribution < 1.29 is 4.74 Å². The van der Waals surface area contributed by atoms with Gasteiger partial charge in [0.2, 0.25) is 0 Å². The molecule has 0 fully saturated rings. The number of methoxy groups -OCH3 is 1. The molecule has 0 heterocycles. The molecule has 7 heavy (non-hydrogen) atoms. The molecule has 0 radical (unpaired) electrons. The average molecular weight is 100 g/mol. The van der Waals surface area contributed by atoms with Gasteiger partial charge in [-0.3, -0.25) is 0 Å². The second-order valence-corrected chi connectivity index (χ2v) is 1.55. The van der Waals surface area contributed by atoms with Crippen LogP contribution in [0.4, 0.5) is 0 Å². The van der Waals surface area contributed by atoms with Crippen molar-refractivity contribution >= 4 is 0 Å². The normalized spacial score (nSPS) is 11.6. The second kappa shape index (κ2) is 3.72. The summed E-state index contributed by atoms with van der Waals surface area (Å²) < 4.78 is 4.73. The standard InChI is InChI=1S/C6H12O/c1-4-6(2)5-7-3/h5H,4H2,1-3H3. The first-order valence-corrected chi connectivity index (χ1v) is 2.49. The van der Waals surface area contributed by atoms with Crippen molar-refractivity contribution in [1.29, 1.82) is 0 Å². The van der Waals surface area contributed by atoms with Gasteiger partial charge in [-0.2, -0.15) is 0 Å². The van der Waals surface area contributed by atoms with E-state index in [1.54, 1.807) is 13.4 Å². The highest BCUT2D eigenvalue weighted by atomic mass is 16.5. The van der Waals surface area contributed by atoms with Crippen molar-refractivity contribution in [1.82, 2.24) is 0 Å². The van der Waals surface area contributed by atoms with Crippen molar-refractivity contribution in [2.45, 2.75) is 20.3 Å². The Bertz CT molecular complexity index is 64.6. The van der Waals surface area contributed by atoms with E-state index in [0.29, 0.717) is 0 Å². The molecule has 0 aromatic carbocycles. The van der Waals surface area contributed by atoms with Gasteiger partial charge in [0, 0.05) is 0 Å². The van der Waals surface area contributed by atoms with E-state index in [-0.39, 0.29) is 0 Å². The van der Waals surface area contributed by atoms with Crippen LogP contribution in [0.2, 0.25) is 0 Å². The van der Waals surface area contributed by atoms with E-state index in [9.17, 15) is 0 Å². The molecule has 0 saturated heterocycles. The van der Waals surface area contributed by atoms with Crippen LogP contribution in [0.5, 0.6) is 0 Å². The molecule has 0 rings (SSSR count). The molecule has 1 heteroatoms. The molecule has 0 atom stereocenters. The summed E-state index contributed by atoms with van der Waals surface area (Å²) >= 11 is 0. The minimum atomic E-state index is 1.08. The zero-order chi connectivity index (χ0) is 5.70.